The van der Waals surface area contributed by atoms with Crippen molar-refractivity contribution >= 4 is 5.97 Å². The van der Waals surface area contributed by atoms with Gasteiger partial charge < -0.3 is 5.11 Å². The van der Waals surface area contributed by atoms with Crippen LogP contribution in [0.25, 0.3) is 0 Å². The molecule has 0 radical (unpaired) electrons. The maximum Gasteiger partial charge on any atom is 0.309 e. The van der Waals surface area contributed by atoms with Gasteiger partial charge in [-0.2, -0.15) is 0 Å². The Labute approximate surface area is 134 Å². The van der Waals surface area contributed by atoms with E-state index in [0.29, 0.717) is 11.3 Å². The topological polar surface area (TPSA) is 37.3 Å². The summed E-state index contributed by atoms with van der Waals surface area (Å²) in [5.74, 6) is 1.32. The number of carboxylic acids is 1. The van der Waals surface area contributed by atoms with Crippen molar-refractivity contribution in [2.45, 2.75) is 71.6 Å². The minimum atomic E-state index is -0.552. The highest BCUT2D eigenvalue weighted by atomic mass is 16.4. The summed E-state index contributed by atoms with van der Waals surface area (Å²) in [5, 5.41) is 9.90. The fourth-order valence-corrected chi connectivity index (χ4v) is 7.61. The van der Waals surface area contributed by atoms with Gasteiger partial charge in [-0.15, -0.1) is 0 Å². The molecular weight excluding hydrogens is 272 g/mol. The van der Waals surface area contributed by atoms with Crippen molar-refractivity contribution in [3.05, 3.63) is 12.2 Å². The van der Waals surface area contributed by atoms with Crippen LogP contribution in [0.4, 0.5) is 0 Å². The lowest BCUT2D eigenvalue weighted by Gasteiger charge is -2.63. The average Bonchev–Trinajstić information content (AvgIpc) is 2.68. The van der Waals surface area contributed by atoms with Gasteiger partial charge in [-0.05, 0) is 86.9 Å². The Morgan fingerprint density at radius 1 is 1.14 bits per heavy atom. The van der Waals surface area contributed by atoms with E-state index in [1.165, 1.54) is 44.1 Å². The van der Waals surface area contributed by atoms with Crippen molar-refractivity contribution in [1.29, 1.82) is 0 Å². The Morgan fingerprint density at radius 3 is 2.64 bits per heavy atom. The van der Waals surface area contributed by atoms with Gasteiger partial charge in [0, 0.05) is 0 Å². The molecule has 6 atom stereocenters. The summed E-state index contributed by atoms with van der Waals surface area (Å²) in [6.45, 7) is 8.86. The highest BCUT2D eigenvalue weighted by Crippen LogP contribution is 2.72. The lowest BCUT2D eigenvalue weighted by molar-refractivity contribution is -0.181. The van der Waals surface area contributed by atoms with Crippen molar-refractivity contribution < 1.29 is 9.90 Å². The van der Waals surface area contributed by atoms with Crippen LogP contribution in [0, 0.1) is 34.0 Å². The number of carbonyl (C=O) groups is 1. The van der Waals surface area contributed by atoms with Crippen molar-refractivity contribution in [3.63, 3.8) is 0 Å². The molecule has 2 heteroatoms. The molecule has 4 aliphatic carbocycles. The van der Waals surface area contributed by atoms with Gasteiger partial charge in [0.25, 0.3) is 0 Å². The predicted octanol–water partition coefficient (Wildman–Crippen LogP) is 5.04. The molecule has 4 saturated carbocycles. The second-order valence-corrected chi connectivity index (χ2v) is 9.40. The highest BCUT2D eigenvalue weighted by molar-refractivity contribution is 5.75. The molecule has 0 amide bonds. The molecule has 1 spiro atoms. The monoisotopic (exact) mass is 302 g/mol. The number of fused-ring (bicyclic) bond motifs is 3. The van der Waals surface area contributed by atoms with Crippen molar-refractivity contribution in [3.8, 4) is 0 Å². The van der Waals surface area contributed by atoms with Gasteiger partial charge in [0.15, 0.2) is 0 Å². The van der Waals surface area contributed by atoms with Crippen molar-refractivity contribution in [2.75, 3.05) is 0 Å². The Bertz CT molecular complexity index is 538. The summed E-state index contributed by atoms with van der Waals surface area (Å²) < 4.78 is 0. The summed E-state index contributed by atoms with van der Waals surface area (Å²) in [6.07, 6.45) is 10.8. The van der Waals surface area contributed by atoms with Crippen LogP contribution < -0.4 is 0 Å². The van der Waals surface area contributed by atoms with Crippen LogP contribution in [0.2, 0.25) is 0 Å². The standard InChI is InChI=1S/C20H30O2/c1-13-11-20-10-7-15-18(2,16(20)6-5-14(13)12-20)8-4-9-19(15,3)17(21)22/h14-16H,1,4-12H2,2-3H3,(H,21,22)/t14-,15-,16-,18+,19?,20+/m1/s1. The second-order valence-electron chi connectivity index (χ2n) is 9.40. The first kappa shape index (κ1) is 14.8. The fraction of sp³-hybridized carbons (Fsp3) is 0.850. The van der Waals surface area contributed by atoms with Gasteiger partial charge in [0.05, 0.1) is 5.41 Å². The third-order valence-corrected chi connectivity index (χ3v) is 8.54. The van der Waals surface area contributed by atoms with Crippen LogP contribution in [-0.4, -0.2) is 11.1 Å². The molecule has 2 bridgehead atoms. The van der Waals surface area contributed by atoms with Crippen LogP contribution >= 0.6 is 0 Å². The van der Waals surface area contributed by atoms with E-state index in [9.17, 15) is 9.90 Å². The number of rotatable bonds is 1. The van der Waals surface area contributed by atoms with E-state index in [4.69, 9.17) is 0 Å². The van der Waals surface area contributed by atoms with Gasteiger partial charge in [-0.25, -0.2) is 0 Å². The lowest BCUT2D eigenvalue weighted by Crippen LogP contribution is -2.58. The first-order valence-electron chi connectivity index (χ1n) is 9.23. The molecule has 0 aromatic carbocycles. The minimum Gasteiger partial charge on any atom is -0.481 e. The number of hydrogen-bond donors (Lipinski definition) is 1. The quantitative estimate of drug-likeness (QED) is 0.689. The number of carboxylic acid groups (broad SMARTS) is 1. The van der Waals surface area contributed by atoms with Crippen LogP contribution in [-0.2, 0) is 4.79 Å². The predicted molar refractivity (Wildman–Crippen MR) is 87.4 cm³/mol. The molecule has 0 heterocycles. The van der Waals surface area contributed by atoms with Gasteiger partial charge in [-0.3, -0.25) is 4.79 Å². The summed E-state index contributed by atoms with van der Waals surface area (Å²) in [6, 6.07) is 0. The Morgan fingerprint density at radius 2 is 1.91 bits per heavy atom. The maximum atomic E-state index is 12.0. The molecule has 4 rings (SSSR count). The smallest absolute Gasteiger partial charge is 0.309 e. The van der Waals surface area contributed by atoms with E-state index < -0.39 is 11.4 Å². The summed E-state index contributed by atoms with van der Waals surface area (Å²) in [5.41, 5.74) is 1.71. The van der Waals surface area contributed by atoms with E-state index in [-0.39, 0.29) is 5.41 Å². The Kier molecular flexibility index (Phi) is 2.95. The minimum absolute atomic E-state index is 0.235. The molecule has 0 aliphatic heterocycles. The molecule has 1 unspecified atom stereocenters. The van der Waals surface area contributed by atoms with Crippen LogP contribution in [0.5, 0.6) is 0 Å². The number of aliphatic carboxylic acids is 1. The van der Waals surface area contributed by atoms with E-state index in [1.807, 2.05) is 6.92 Å². The van der Waals surface area contributed by atoms with Crippen LogP contribution in [0.1, 0.15) is 71.6 Å². The molecule has 4 fully saturated rings. The molecule has 4 aliphatic rings. The van der Waals surface area contributed by atoms with Gasteiger partial charge in [0.2, 0.25) is 0 Å². The zero-order valence-electron chi connectivity index (χ0n) is 14.2. The Hall–Kier alpha value is -0.790. The highest BCUT2D eigenvalue weighted by Gasteiger charge is 2.64. The first-order chi connectivity index (χ1) is 10.3. The second kappa shape index (κ2) is 4.39. The number of allylic oxidation sites excluding steroid dienone is 1. The van der Waals surface area contributed by atoms with Crippen molar-refractivity contribution in [2.24, 2.45) is 34.0 Å². The zero-order chi connectivity index (χ0) is 15.8. The van der Waals surface area contributed by atoms with Gasteiger partial charge in [0.1, 0.15) is 0 Å². The largest absolute Gasteiger partial charge is 0.481 e. The Balaban J connectivity index is 1.75. The molecule has 0 aromatic rings. The zero-order valence-corrected chi connectivity index (χ0v) is 14.2. The molecule has 122 valence electrons. The van der Waals surface area contributed by atoms with Gasteiger partial charge >= 0.3 is 5.97 Å². The fourth-order valence-electron chi connectivity index (χ4n) is 7.61. The van der Waals surface area contributed by atoms with Gasteiger partial charge in [-0.1, -0.05) is 25.5 Å². The molecule has 0 saturated heterocycles. The maximum absolute atomic E-state index is 12.0. The SMILES string of the molecule is C=C1C[C@]23CC[C@H]4C(C)(C(=O)O)CCC[C@]4(C)[C@H]2CC[C@@H]1C3. The van der Waals surface area contributed by atoms with Crippen LogP contribution in [0.3, 0.4) is 0 Å². The third-order valence-electron chi connectivity index (χ3n) is 8.54. The lowest BCUT2D eigenvalue weighted by atomic mass is 9.41. The average molecular weight is 302 g/mol. The normalized spacial score (nSPS) is 53.7. The molecule has 2 nitrogen and oxygen atoms in total. The van der Waals surface area contributed by atoms with Crippen LogP contribution in [0.15, 0.2) is 12.2 Å². The molecule has 22 heavy (non-hydrogen) atoms. The molecular formula is C20H30O2. The number of hydrogen-bond acceptors (Lipinski definition) is 1. The third kappa shape index (κ3) is 1.65. The summed E-state index contributed by atoms with van der Waals surface area (Å²) in [7, 11) is 0. The van der Waals surface area contributed by atoms with E-state index in [1.54, 1.807) is 0 Å². The molecule has 0 aromatic heterocycles. The van der Waals surface area contributed by atoms with E-state index >= 15 is 0 Å². The van der Waals surface area contributed by atoms with Crippen molar-refractivity contribution in [1.82, 2.24) is 0 Å². The molecule has 1 N–H and O–H groups in total. The summed E-state index contributed by atoms with van der Waals surface area (Å²) >= 11 is 0. The van der Waals surface area contributed by atoms with E-state index in [2.05, 4.69) is 13.5 Å². The summed E-state index contributed by atoms with van der Waals surface area (Å²) in [4.78, 5) is 12.0. The first-order valence-corrected chi connectivity index (χ1v) is 9.23. The van der Waals surface area contributed by atoms with E-state index in [0.717, 1.165) is 31.1 Å².